The van der Waals surface area contributed by atoms with Crippen molar-refractivity contribution < 1.29 is 14.4 Å². The third kappa shape index (κ3) is 4.56. The molecule has 3 aromatic rings. The van der Waals surface area contributed by atoms with Crippen molar-refractivity contribution in [1.82, 2.24) is 9.47 Å². The monoisotopic (exact) mass is 576 g/mol. The molecule has 0 bridgehead atoms. The minimum absolute atomic E-state index is 0.0504. The number of aryl methyl sites for hydroxylation is 1. The van der Waals surface area contributed by atoms with E-state index in [0.29, 0.717) is 23.8 Å². The Balaban J connectivity index is 1.43. The number of hydrogen-bond donors (Lipinski definition) is 0. The Hall–Kier alpha value is -3.37. The van der Waals surface area contributed by atoms with Gasteiger partial charge in [-0.2, -0.15) is 0 Å². The first-order valence-electron chi connectivity index (χ1n) is 13.6. The Morgan fingerprint density at radius 3 is 2.25 bits per heavy atom. The van der Waals surface area contributed by atoms with Gasteiger partial charge >= 0.3 is 4.87 Å². The van der Waals surface area contributed by atoms with Crippen LogP contribution in [0.25, 0.3) is 0 Å². The zero-order valence-corrected chi connectivity index (χ0v) is 24.5. The first-order chi connectivity index (χ1) is 19.2. The molecule has 1 aromatic heterocycles. The van der Waals surface area contributed by atoms with Crippen LogP contribution < -0.4 is 14.7 Å². The van der Waals surface area contributed by atoms with Crippen molar-refractivity contribution in [3.05, 3.63) is 74.2 Å². The van der Waals surface area contributed by atoms with Gasteiger partial charge in [-0.15, -0.1) is 0 Å². The standard InChI is InChI=1S/C30H32N4O4S2/c1-18-7-11-21(12-8-18)34-27(36)24-23(19-9-13-20(14-10-19)31(2)3)26-29(39-25(24)28(34)37)33(30(38)40-26)17-22(35)32-15-5-4-6-16-32/h7-14,23-25H,4-6,15-17H2,1-3H3. The van der Waals surface area contributed by atoms with Crippen LogP contribution in [-0.2, 0) is 20.9 Å². The minimum Gasteiger partial charge on any atom is -0.378 e. The number of amides is 3. The number of imide groups is 1. The van der Waals surface area contributed by atoms with Crippen molar-refractivity contribution in [2.75, 3.05) is 37.0 Å². The Bertz CT molecular complexity index is 1520. The number of thiazole rings is 1. The van der Waals surface area contributed by atoms with Crippen LogP contribution in [-0.4, -0.2) is 59.6 Å². The predicted molar refractivity (Wildman–Crippen MR) is 158 cm³/mol. The fourth-order valence-electron chi connectivity index (χ4n) is 5.92. The summed E-state index contributed by atoms with van der Waals surface area (Å²) in [5.41, 5.74) is 3.49. The smallest absolute Gasteiger partial charge is 0.308 e. The van der Waals surface area contributed by atoms with Crippen LogP contribution in [0, 0.1) is 12.8 Å². The fraction of sp³-hybridized carbons (Fsp3) is 0.400. The van der Waals surface area contributed by atoms with E-state index in [1.54, 1.807) is 12.1 Å². The van der Waals surface area contributed by atoms with Gasteiger partial charge in [-0.3, -0.25) is 23.7 Å². The number of fused-ring (bicyclic) bond motifs is 2. The number of piperidine rings is 1. The third-order valence-corrected chi connectivity index (χ3v) is 10.7. The van der Waals surface area contributed by atoms with E-state index in [2.05, 4.69) is 0 Å². The molecule has 0 aliphatic carbocycles. The molecule has 40 heavy (non-hydrogen) atoms. The topological polar surface area (TPSA) is 82.9 Å². The van der Waals surface area contributed by atoms with Gasteiger partial charge in [-0.25, -0.2) is 4.90 Å². The van der Waals surface area contributed by atoms with Crippen LogP contribution in [0.15, 0.2) is 58.4 Å². The molecule has 0 radical (unpaired) electrons. The lowest BCUT2D eigenvalue weighted by Gasteiger charge is -2.31. The van der Waals surface area contributed by atoms with E-state index >= 15 is 0 Å². The molecule has 0 spiro atoms. The molecule has 3 aliphatic heterocycles. The third-order valence-electron chi connectivity index (χ3n) is 8.11. The van der Waals surface area contributed by atoms with E-state index < -0.39 is 17.1 Å². The van der Waals surface area contributed by atoms with Crippen molar-refractivity contribution in [3.63, 3.8) is 0 Å². The second-order valence-electron chi connectivity index (χ2n) is 10.9. The molecule has 0 N–H and O–H groups in total. The zero-order chi connectivity index (χ0) is 28.1. The Morgan fingerprint density at radius 1 is 0.925 bits per heavy atom. The number of carbonyl (C=O) groups excluding carboxylic acids is 3. The summed E-state index contributed by atoms with van der Waals surface area (Å²) in [4.78, 5) is 60.1. The number of aromatic nitrogens is 1. The first-order valence-corrected chi connectivity index (χ1v) is 15.3. The number of thioether (sulfide) groups is 1. The number of hydrogen-bond acceptors (Lipinski definition) is 7. The second kappa shape index (κ2) is 10.6. The zero-order valence-electron chi connectivity index (χ0n) is 22.8. The fourth-order valence-corrected chi connectivity index (χ4v) is 8.69. The maximum Gasteiger partial charge on any atom is 0.308 e. The first kappa shape index (κ1) is 26.8. The van der Waals surface area contributed by atoms with E-state index in [0.717, 1.165) is 52.3 Å². The van der Waals surface area contributed by atoms with Crippen LogP contribution in [0.3, 0.4) is 0 Å². The van der Waals surface area contributed by atoms with E-state index in [9.17, 15) is 19.2 Å². The van der Waals surface area contributed by atoms with Gasteiger partial charge in [0.15, 0.2) is 0 Å². The lowest BCUT2D eigenvalue weighted by molar-refractivity contribution is -0.133. The van der Waals surface area contributed by atoms with Crippen molar-refractivity contribution >= 4 is 52.2 Å². The summed E-state index contributed by atoms with van der Waals surface area (Å²) in [6.07, 6.45) is 3.05. The van der Waals surface area contributed by atoms with Crippen LogP contribution in [0.5, 0.6) is 0 Å². The highest BCUT2D eigenvalue weighted by Gasteiger charge is 2.56. The van der Waals surface area contributed by atoms with Crippen LogP contribution in [0.1, 0.15) is 41.2 Å². The lowest BCUT2D eigenvalue weighted by atomic mass is 9.83. The van der Waals surface area contributed by atoms with Gasteiger partial charge in [0.2, 0.25) is 17.7 Å². The van der Waals surface area contributed by atoms with E-state index in [1.165, 1.54) is 21.2 Å². The van der Waals surface area contributed by atoms with Gasteiger partial charge in [-0.1, -0.05) is 52.9 Å². The molecule has 2 fully saturated rings. The molecule has 6 rings (SSSR count). The molecule has 3 amide bonds. The van der Waals surface area contributed by atoms with Gasteiger partial charge < -0.3 is 9.80 Å². The Morgan fingerprint density at radius 2 is 1.60 bits per heavy atom. The number of nitrogens with zero attached hydrogens (tertiary/aromatic N) is 4. The average Bonchev–Trinajstić information content (AvgIpc) is 3.40. The molecule has 0 saturated carbocycles. The molecule has 10 heteroatoms. The van der Waals surface area contributed by atoms with Crippen LogP contribution >= 0.6 is 23.1 Å². The summed E-state index contributed by atoms with van der Waals surface area (Å²) in [6, 6.07) is 15.3. The summed E-state index contributed by atoms with van der Waals surface area (Å²) < 4.78 is 1.53. The summed E-state index contributed by atoms with van der Waals surface area (Å²) >= 11 is 2.36. The van der Waals surface area contributed by atoms with E-state index in [-0.39, 0.29) is 29.1 Å². The summed E-state index contributed by atoms with van der Waals surface area (Å²) in [5, 5.41) is -0.0552. The highest BCUT2D eigenvalue weighted by molar-refractivity contribution is 8.00. The summed E-state index contributed by atoms with van der Waals surface area (Å²) in [7, 11) is 3.93. The van der Waals surface area contributed by atoms with E-state index in [4.69, 9.17) is 0 Å². The molecule has 8 nitrogen and oxygen atoms in total. The maximum absolute atomic E-state index is 14.0. The molecule has 3 unspecified atom stereocenters. The molecule has 2 saturated heterocycles. The van der Waals surface area contributed by atoms with Gasteiger partial charge in [0.1, 0.15) is 11.8 Å². The second-order valence-corrected chi connectivity index (χ2v) is 13.1. The summed E-state index contributed by atoms with van der Waals surface area (Å²) in [6.45, 7) is 3.32. The average molecular weight is 577 g/mol. The van der Waals surface area contributed by atoms with Crippen LogP contribution in [0.2, 0.25) is 0 Å². The highest BCUT2D eigenvalue weighted by atomic mass is 32.2. The SMILES string of the molecule is Cc1ccc(N2C(=O)C3Sc4c(sc(=O)n4CC(=O)N4CCCCC4)C(c4ccc(N(C)C)cc4)C3C2=O)cc1. The number of rotatable bonds is 5. The van der Waals surface area contributed by atoms with Gasteiger partial charge in [-0.05, 0) is 56.0 Å². The van der Waals surface area contributed by atoms with Gasteiger partial charge in [0.05, 0.1) is 16.6 Å². The number of likely N-dealkylation sites (tertiary alicyclic amines) is 1. The predicted octanol–water partition coefficient (Wildman–Crippen LogP) is 4.09. The molecule has 4 heterocycles. The van der Waals surface area contributed by atoms with E-state index in [1.807, 2.05) is 67.2 Å². The number of carbonyl (C=O) groups is 3. The normalized spacial score (nSPS) is 22.3. The molecule has 208 valence electrons. The Kier molecular flexibility index (Phi) is 7.08. The molecular weight excluding hydrogens is 544 g/mol. The quantitative estimate of drug-likeness (QED) is 0.426. The Labute approximate surface area is 241 Å². The molecular formula is C30H32N4O4S2. The van der Waals surface area contributed by atoms with Crippen molar-refractivity contribution in [3.8, 4) is 0 Å². The molecule has 3 atom stereocenters. The van der Waals surface area contributed by atoms with Crippen molar-refractivity contribution in [2.24, 2.45) is 5.92 Å². The van der Waals surface area contributed by atoms with Gasteiger partial charge in [0.25, 0.3) is 0 Å². The van der Waals surface area contributed by atoms with Crippen LogP contribution in [0.4, 0.5) is 11.4 Å². The van der Waals surface area contributed by atoms with Crippen molar-refractivity contribution in [2.45, 2.75) is 48.9 Å². The lowest BCUT2D eigenvalue weighted by Crippen LogP contribution is -2.39. The highest BCUT2D eigenvalue weighted by Crippen LogP contribution is 2.54. The largest absolute Gasteiger partial charge is 0.378 e. The maximum atomic E-state index is 14.0. The van der Waals surface area contributed by atoms with Gasteiger partial charge in [0, 0.05) is 43.7 Å². The number of benzene rings is 2. The van der Waals surface area contributed by atoms with Crippen molar-refractivity contribution in [1.29, 1.82) is 0 Å². The minimum atomic E-state index is -0.690. The number of anilines is 2. The molecule has 3 aliphatic rings. The molecule has 2 aromatic carbocycles. The summed E-state index contributed by atoms with van der Waals surface area (Å²) in [5.74, 6) is -1.73.